The first kappa shape index (κ1) is 14.8. The van der Waals surface area contributed by atoms with Crippen LogP contribution >= 0.6 is 0 Å². The zero-order valence-electron chi connectivity index (χ0n) is 12.5. The molecule has 0 spiro atoms. The average molecular weight is 314 g/mol. The predicted octanol–water partition coefficient (Wildman–Crippen LogP) is 2.89. The maximum absolute atomic E-state index is 12.7. The van der Waals surface area contributed by atoms with Crippen molar-refractivity contribution < 1.29 is 24.1 Å². The van der Waals surface area contributed by atoms with Gasteiger partial charge >= 0.3 is 0 Å². The standard InChI is InChI=1S/C17H14O6/c1-21-15-6-11-14(7-16(15)22-2)23-8-12(17(11)20)10-4-3-9(18)5-13(10)19/h3-8,18-19H,1-2H3. The number of rotatable bonds is 3. The Hall–Kier alpha value is -3.15. The highest BCUT2D eigenvalue weighted by atomic mass is 16.5. The number of phenols is 2. The molecule has 0 unspecified atom stereocenters. The van der Waals surface area contributed by atoms with Crippen LogP contribution in [-0.2, 0) is 0 Å². The third-order valence-electron chi connectivity index (χ3n) is 3.55. The Bertz CT molecular complexity index is 942. The van der Waals surface area contributed by atoms with Gasteiger partial charge < -0.3 is 24.1 Å². The fourth-order valence-electron chi connectivity index (χ4n) is 2.39. The summed E-state index contributed by atoms with van der Waals surface area (Å²) in [5.74, 6) is 0.544. The molecule has 2 aromatic carbocycles. The number of ether oxygens (including phenoxy) is 2. The van der Waals surface area contributed by atoms with Gasteiger partial charge in [0.1, 0.15) is 23.3 Å². The molecule has 1 aromatic heterocycles. The summed E-state index contributed by atoms with van der Waals surface area (Å²) in [5.41, 5.74) is 0.471. The summed E-state index contributed by atoms with van der Waals surface area (Å²) in [6, 6.07) is 7.08. The van der Waals surface area contributed by atoms with Crippen LogP contribution in [0.4, 0.5) is 0 Å². The lowest BCUT2D eigenvalue weighted by Crippen LogP contribution is -2.05. The molecule has 0 aliphatic rings. The van der Waals surface area contributed by atoms with Crippen molar-refractivity contribution in [3.63, 3.8) is 0 Å². The maximum atomic E-state index is 12.7. The lowest BCUT2D eigenvalue weighted by Gasteiger charge is -2.09. The second-order valence-electron chi connectivity index (χ2n) is 4.88. The minimum absolute atomic E-state index is 0.0946. The normalized spacial score (nSPS) is 10.7. The molecule has 2 N–H and O–H groups in total. The molecule has 3 rings (SSSR count). The van der Waals surface area contributed by atoms with Crippen LogP contribution in [-0.4, -0.2) is 24.4 Å². The highest BCUT2D eigenvalue weighted by Gasteiger charge is 2.15. The van der Waals surface area contributed by atoms with Crippen LogP contribution in [0, 0.1) is 0 Å². The minimum Gasteiger partial charge on any atom is -0.508 e. The van der Waals surface area contributed by atoms with Crippen molar-refractivity contribution in [3.05, 3.63) is 46.8 Å². The first-order chi connectivity index (χ1) is 11.0. The van der Waals surface area contributed by atoms with Gasteiger partial charge in [-0.25, -0.2) is 0 Å². The van der Waals surface area contributed by atoms with Gasteiger partial charge in [-0.1, -0.05) is 0 Å². The Kier molecular flexibility index (Phi) is 3.57. The molecular formula is C17H14O6. The fraction of sp³-hybridized carbons (Fsp3) is 0.118. The summed E-state index contributed by atoms with van der Waals surface area (Å²) in [5, 5.41) is 19.6. The van der Waals surface area contributed by atoms with E-state index in [0.29, 0.717) is 22.5 Å². The van der Waals surface area contributed by atoms with Crippen molar-refractivity contribution in [1.29, 1.82) is 0 Å². The molecule has 0 saturated carbocycles. The topological polar surface area (TPSA) is 89.1 Å². The van der Waals surface area contributed by atoms with Crippen molar-refractivity contribution >= 4 is 11.0 Å². The van der Waals surface area contributed by atoms with Crippen molar-refractivity contribution in [3.8, 4) is 34.1 Å². The molecule has 0 amide bonds. The maximum Gasteiger partial charge on any atom is 0.200 e. The molecule has 0 radical (unpaired) electrons. The third-order valence-corrected chi connectivity index (χ3v) is 3.55. The molecule has 0 atom stereocenters. The van der Waals surface area contributed by atoms with Crippen LogP contribution in [0.15, 0.2) is 45.8 Å². The molecule has 1 heterocycles. The lowest BCUT2D eigenvalue weighted by atomic mass is 10.0. The zero-order valence-corrected chi connectivity index (χ0v) is 12.5. The monoisotopic (exact) mass is 314 g/mol. The van der Waals surface area contributed by atoms with E-state index < -0.39 is 0 Å². The summed E-state index contributed by atoms with van der Waals surface area (Å²) in [7, 11) is 2.96. The number of benzene rings is 2. The molecule has 118 valence electrons. The Labute approximate surface area is 131 Å². The number of hydrogen-bond donors (Lipinski definition) is 2. The quantitative estimate of drug-likeness (QED) is 0.772. The van der Waals surface area contributed by atoms with Crippen molar-refractivity contribution in [2.75, 3.05) is 14.2 Å². The first-order valence-corrected chi connectivity index (χ1v) is 6.75. The molecule has 0 fully saturated rings. The molecule has 23 heavy (non-hydrogen) atoms. The van der Waals surface area contributed by atoms with E-state index in [4.69, 9.17) is 13.9 Å². The van der Waals surface area contributed by atoms with E-state index in [9.17, 15) is 15.0 Å². The Morgan fingerprint density at radius 2 is 1.65 bits per heavy atom. The van der Waals surface area contributed by atoms with Crippen LogP contribution in [0.3, 0.4) is 0 Å². The fourth-order valence-corrected chi connectivity index (χ4v) is 2.39. The Morgan fingerprint density at radius 1 is 0.957 bits per heavy atom. The van der Waals surface area contributed by atoms with E-state index in [-0.39, 0.29) is 28.1 Å². The van der Waals surface area contributed by atoms with Gasteiger partial charge in [0.15, 0.2) is 11.5 Å². The molecule has 0 aliphatic carbocycles. The largest absolute Gasteiger partial charge is 0.508 e. The van der Waals surface area contributed by atoms with Gasteiger partial charge in [0.2, 0.25) is 5.43 Å². The van der Waals surface area contributed by atoms with Gasteiger partial charge in [0.25, 0.3) is 0 Å². The number of aromatic hydroxyl groups is 2. The molecule has 0 aliphatic heterocycles. The van der Waals surface area contributed by atoms with Gasteiger partial charge in [-0.2, -0.15) is 0 Å². The van der Waals surface area contributed by atoms with Crippen LogP contribution < -0.4 is 14.9 Å². The second kappa shape index (κ2) is 5.57. The summed E-state index contributed by atoms with van der Waals surface area (Å²) >= 11 is 0. The number of fused-ring (bicyclic) bond motifs is 1. The first-order valence-electron chi connectivity index (χ1n) is 6.75. The molecule has 0 bridgehead atoms. The average Bonchev–Trinajstić information content (AvgIpc) is 2.55. The van der Waals surface area contributed by atoms with Gasteiger partial charge in [0, 0.05) is 17.7 Å². The predicted molar refractivity (Wildman–Crippen MR) is 84.4 cm³/mol. The smallest absolute Gasteiger partial charge is 0.200 e. The van der Waals surface area contributed by atoms with Crippen LogP contribution in [0.2, 0.25) is 0 Å². The van der Waals surface area contributed by atoms with Gasteiger partial charge in [-0.05, 0) is 18.2 Å². The van der Waals surface area contributed by atoms with Gasteiger partial charge in [-0.3, -0.25) is 4.79 Å². The zero-order chi connectivity index (χ0) is 16.6. The van der Waals surface area contributed by atoms with Crippen molar-refractivity contribution in [1.82, 2.24) is 0 Å². The van der Waals surface area contributed by atoms with Crippen LogP contribution in [0.1, 0.15) is 0 Å². The summed E-state index contributed by atoms with van der Waals surface area (Å²) < 4.78 is 15.9. The van der Waals surface area contributed by atoms with Crippen LogP contribution in [0.5, 0.6) is 23.0 Å². The summed E-state index contributed by atoms with van der Waals surface area (Å²) in [6.07, 6.45) is 1.27. The third kappa shape index (κ3) is 2.44. The van der Waals surface area contributed by atoms with Crippen molar-refractivity contribution in [2.24, 2.45) is 0 Å². The molecule has 6 nitrogen and oxygen atoms in total. The summed E-state index contributed by atoms with van der Waals surface area (Å²) in [4.78, 5) is 12.7. The van der Waals surface area contributed by atoms with Crippen LogP contribution in [0.25, 0.3) is 22.1 Å². The van der Waals surface area contributed by atoms with E-state index in [1.54, 1.807) is 6.07 Å². The van der Waals surface area contributed by atoms with Gasteiger partial charge in [0.05, 0.1) is 25.2 Å². The summed E-state index contributed by atoms with van der Waals surface area (Å²) in [6.45, 7) is 0. The number of methoxy groups -OCH3 is 2. The second-order valence-corrected chi connectivity index (χ2v) is 4.88. The Morgan fingerprint density at radius 3 is 2.30 bits per heavy atom. The van der Waals surface area contributed by atoms with E-state index in [1.165, 1.54) is 38.7 Å². The SMILES string of the molecule is COc1cc2occ(-c3ccc(O)cc3O)c(=O)c2cc1OC. The van der Waals surface area contributed by atoms with Crippen molar-refractivity contribution in [2.45, 2.75) is 0 Å². The molecule has 0 saturated heterocycles. The van der Waals surface area contributed by atoms with E-state index >= 15 is 0 Å². The van der Waals surface area contributed by atoms with E-state index in [1.807, 2.05) is 0 Å². The van der Waals surface area contributed by atoms with E-state index in [0.717, 1.165) is 6.07 Å². The molecular weight excluding hydrogens is 300 g/mol. The molecule has 6 heteroatoms. The van der Waals surface area contributed by atoms with Gasteiger partial charge in [-0.15, -0.1) is 0 Å². The minimum atomic E-state index is -0.326. The Balaban J connectivity index is 2.28. The number of hydrogen-bond acceptors (Lipinski definition) is 6. The van der Waals surface area contributed by atoms with E-state index in [2.05, 4.69) is 0 Å². The number of phenolic OH excluding ortho intramolecular Hbond substituents is 2. The highest BCUT2D eigenvalue weighted by molar-refractivity contribution is 5.85. The molecule has 3 aromatic rings. The lowest BCUT2D eigenvalue weighted by molar-refractivity contribution is 0.355. The highest BCUT2D eigenvalue weighted by Crippen LogP contribution is 2.34.